The normalized spacial score (nSPS) is 11.0. The highest BCUT2D eigenvalue weighted by Gasteiger charge is 2.19. The van der Waals surface area contributed by atoms with Crippen molar-refractivity contribution in [2.75, 3.05) is 0 Å². The van der Waals surface area contributed by atoms with E-state index < -0.39 is 11.9 Å². The van der Waals surface area contributed by atoms with Crippen molar-refractivity contribution >= 4 is 33.7 Å². The van der Waals surface area contributed by atoms with Crippen LogP contribution in [0.1, 0.15) is 33.6 Å². The van der Waals surface area contributed by atoms with E-state index in [1.165, 1.54) is 0 Å². The van der Waals surface area contributed by atoms with E-state index >= 15 is 0 Å². The molecule has 0 aliphatic heterocycles. The molecule has 0 saturated carbocycles. The molecule has 0 radical (unpaired) electrons. The standard InChI is InChI=1S/2C18H17NO4/c1-11-15(9-17(22)23)14-6-3-7-16(21)18(14)19(11)10-12-4-2-5-13(20)8-12;1-11-16(9-18(22)23)15-6-5-14(21)8-17(15)19(11)10-12-3-2-4-13(20)7-12/h2*2-8,20-21H,9-10H2,1H3,(H,22,23). The van der Waals surface area contributed by atoms with Gasteiger partial charge in [0, 0.05) is 41.3 Å². The molecule has 2 heterocycles. The highest BCUT2D eigenvalue weighted by molar-refractivity contribution is 5.93. The summed E-state index contributed by atoms with van der Waals surface area (Å²) >= 11 is 0. The van der Waals surface area contributed by atoms with Crippen molar-refractivity contribution < 1.29 is 40.2 Å². The van der Waals surface area contributed by atoms with Crippen LogP contribution in [-0.4, -0.2) is 51.7 Å². The Hall–Kier alpha value is -5.90. The molecule has 0 bridgehead atoms. The highest BCUT2D eigenvalue weighted by atomic mass is 16.4. The average molecular weight is 623 g/mol. The Labute approximate surface area is 264 Å². The van der Waals surface area contributed by atoms with Gasteiger partial charge in [-0.05, 0) is 78.6 Å². The minimum atomic E-state index is -0.909. The number of carboxylic acids is 2. The van der Waals surface area contributed by atoms with E-state index in [-0.39, 0.29) is 35.8 Å². The first-order valence-corrected chi connectivity index (χ1v) is 14.5. The number of nitrogens with zero attached hydrogens (tertiary/aromatic N) is 2. The summed E-state index contributed by atoms with van der Waals surface area (Å²) in [6.45, 7) is 4.65. The molecule has 0 aliphatic carbocycles. The van der Waals surface area contributed by atoms with Crippen molar-refractivity contribution in [1.29, 1.82) is 0 Å². The quantitative estimate of drug-likeness (QED) is 0.119. The van der Waals surface area contributed by atoms with E-state index in [0.29, 0.717) is 24.2 Å². The second-order valence-corrected chi connectivity index (χ2v) is 11.2. The Morgan fingerprint density at radius 2 is 1.09 bits per heavy atom. The van der Waals surface area contributed by atoms with E-state index in [1.807, 2.05) is 41.2 Å². The van der Waals surface area contributed by atoms with Crippen molar-refractivity contribution in [1.82, 2.24) is 9.13 Å². The molecule has 0 atom stereocenters. The summed E-state index contributed by atoms with van der Waals surface area (Å²) in [5, 5.41) is 59.1. The zero-order valence-corrected chi connectivity index (χ0v) is 25.3. The van der Waals surface area contributed by atoms with Crippen LogP contribution in [-0.2, 0) is 35.5 Å². The third-order valence-electron chi connectivity index (χ3n) is 8.05. The molecule has 6 aromatic rings. The smallest absolute Gasteiger partial charge is 0.307 e. The largest absolute Gasteiger partial charge is 0.508 e. The summed E-state index contributed by atoms with van der Waals surface area (Å²) in [7, 11) is 0. The number of benzene rings is 4. The van der Waals surface area contributed by atoms with Gasteiger partial charge in [-0.1, -0.05) is 36.4 Å². The van der Waals surface area contributed by atoms with Crippen LogP contribution >= 0.6 is 0 Å². The molecule has 0 saturated heterocycles. The lowest BCUT2D eigenvalue weighted by Gasteiger charge is -2.10. The van der Waals surface area contributed by atoms with Gasteiger partial charge in [0.25, 0.3) is 0 Å². The fraction of sp³-hybridized carbons (Fsp3) is 0.167. The van der Waals surface area contributed by atoms with Gasteiger partial charge in [0.2, 0.25) is 0 Å². The fourth-order valence-electron chi connectivity index (χ4n) is 5.95. The molecule has 46 heavy (non-hydrogen) atoms. The number of aliphatic carboxylic acids is 2. The lowest BCUT2D eigenvalue weighted by molar-refractivity contribution is -0.137. The minimum absolute atomic E-state index is 0.0693. The number of phenols is 4. The fourth-order valence-corrected chi connectivity index (χ4v) is 5.95. The number of fused-ring (bicyclic) bond motifs is 2. The first-order chi connectivity index (χ1) is 21.9. The van der Waals surface area contributed by atoms with Crippen molar-refractivity contribution in [2.45, 2.75) is 39.8 Å². The third-order valence-corrected chi connectivity index (χ3v) is 8.05. The number of hydrogen-bond donors (Lipinski definition) is 6. The van der Waals surface area contributed by atoms with E-state index in [1.54, 1.807) is 66.7 Å². The lowest BCUT2D eigenvalue weighted by Crippen LogP contribution is -2.05. The number of phenolic OH excluding ortho intramolecular Hbond substituents is 4. The van der Waals surface area contributed by atoms with Gasteiger partial charge in [0.05, 0.1) is 23.9 Å². The lowest BCUT2D eigenvalue weighted by atomic mass is 10.1. The van der Waals surface area contributed by atoms with E-state index in [0.717, 1.165) is 44.4 Å². The molecule has 0 fully saturated rings. The van der Waals surface area contributed by atoms with E-state index in [9.17, 15) is 30.0 Å². The number of para-hydroxylation sites is 1. The highest BCUT2D eigenvalue weighted by Crippen LogP contribution is 2.34. The van der Waals surface area contributed by atoms with Gasteiger partial charge < -0.3 is 39.8 Å². The number of rotatable bonds is 8. The first kappa shape index (κ1) is 31.5. The molecule has 0 aliphatic rings. The van der Waals surface area contributed by atoms with Gasteiger partial charge in [-0.3, -0.25) is 9.59 Å². The maximum Gasteiger partial charge on any atom is 0.307 e. The molecule has 236 valence electrons. The zero-order chi connectivity index (χ0) is 33.1. The molecular weight excluding hydrogens is 588 g/mol. The molecule has 4 aromatic carbocycles. The predicted molar refractivity (Wildman–Crippen MR) is 174 cm³/mol. The molecular formula is C36H34N2O8. The zero-order valence-electron chi connectivity index (χ0n) is 25.3. The van der Waals surface area contributed by atoms with Crippen LogP contribution in [0.4, 0.5) is 0 Å². The Morgan fingerprint density at radius 3 is 1.65 bits per heavy atom. The van der Waals surface area contributed by atoms with Crippen molar-refractivity contribution in [2.24, 2.45) is 0 Å². The first-order valence-electron chi connectivity index (χ1n) is 14.5. The monoisotopic (exact) mass is 622 g/mol. The maximum atomic E-state index is 11.2. The number of carbonyl (C=O) groups is 2. The molecule has 0 amide bonds. The Balaban J connectivity index is 0.000000181. The summed E-state index contributed by atoms with van der Waals surface area (Å²) in [6, 6.07) is 23.9. The van der Waals surface area contributed by atoms with Gasteiger partial charge in [0.1, 0.15) is 23.0 Å². The van der Waals surface area contributed by atoms with Gasteiger partial charge in [-0.15, -0.1) is 0 Å². The molecule has 6 rings (SSSR count). The van der Waals surface area contributed by atoms with Crippen LogP contribution in [0.5, 0.6) is 23.0 Å². The van der Waals surface area contributed by atoms with Gasteiger partial charge in [-0.2, -0.15) is 0 Å². The van der Waals surface area contributed by atoms with Gasteiger partial charge >= 0.3 is 11.9 Å². The molecule has 10 heteroatoms. The van der Waals surface area contributed by atoms with Crippen molar-refractivity contribution in [3.63, 3.8) is 0 Å². The van der Waals surface area contributed by atoms with Crippen LogP contribution in [0.2, 0.25) is 0 Å². The van der Waals surface area contributed by atoms with Crippen LogP contribution < -0.4 is 0 Å². The Bertz CT molecular complexity index is 2090. The molecule has 10 nitrogen and oxygen atoms in total. The second-order valence-electron chi connectivity index (χ2n) is 11.2. The van der Waals surface area contributed by atoms with Crippen LogP contribution in [0, 0.1) is 13.8 Å². The number of carboxylic acid groups (broad SMARTS) is 2. The van der Waals surface area contributed by atoms with E-state index in [2.05, 4.69) is 0 Å². The SMILES string of the molecule is Cc1c(CC(=O)O)c2ccc(O)cc2n1Cc1cccc(O)c1.Cc1c(CC(=O)O)c2cccc(O)c2n1Cc1cccc(O)c1. The maximum absolute atomic E-state index is 11.2. The minimum Gasteiger partial charge on any atom is -0.508 e. The van der Waals surface area contributed by atoms with Crippen LogP contribution in [0.15, 0.2) is 84.9 Å². The number of aromatic nitrogens is 2. The van der Waals surface area contributed by atoms with Crippen LogP contribution in [0.3, 0.4) is 0 Å². The van der Waals surface area contributed by atoms with Crippen LogP contribution in [0.25, 0.3) is 21.8 Å². The molecule has 0 spiro atoms. The predicted octanol–water partition coefficient (Wildman–Crippen LogP) is 6.07. The Kier molecular flexibility index (Phi) is 8.90. The summed E-state index contributed by atoms with van der Waals surface area (Å²) in [6.07, 6.45) is -0.168. The molecule has 6 N–H and O–H groups in total. The topological polar surface area (TPSA) is 165 Å². The van der Waals surface area contributed by atoms with Crippen molar-refractivity contribution in [3.8, 4) is 23.0 Å². The summed E-state index contributed by atoms with van der Waals surface area (Å²) in [5.74, 6) is -1.20. The summed E-state index contributed by atoms with van der Waals surface area (Å²) in [4.78, 5) is 22.3. The Morgan fingerprint density at radius 1 is 0.587 bits per heavy atom. The summed E-state index contributed by atoms with van der Waals surface area (Å²) < 4.78 is 3.85. The average Bonchev–Trinajstić information content (AvgIpc) is 3.39. The second kappa shape index (κ2) is 13.0. The number of aromatic hydroxyl groups is 4. The summed E-state index contributed by atoms with van der Waals surface area (Å²) in [5.41, 5.74) is 6.25. The van der Waals surface area contributed by atoms with E-state index in [4.69, 9.17) is 10.2 Å². The van der Waals surface area contributed by atoms with Gasteiger partial charge in [-0.25, -0.2) is 0 Å². The molecule has 2 aromatic heterocycles. The third kappa shape index (κ3) is 6.61. The van der Waals surface area contributed by atoms with Gasteiger partial charge in [0.15, 0.2) is 0 Å². The van der Waals surface area contributed by atoms with Crippen molar-refractivity contribution in [3.05, 3.63) is 119 Å². The number of hydrogen-bond acceptors (Lipinski definition) is 6. The molecule has 0 unspecified atom stereocenters.